The maximum atomic E-state index is 10.4. The van der Waals surface area contributed by atoms with Crippen LogP contribution in [0.1, 0.15) is 5.56 Å². The smallest absolute Gasteiger partial charge is 0.288 e. The normalized spacial score (nSPS) is 9.29. The summed E-state index contributed by atoms with van der Waals surface area (Å²) in [6.45, 7) is 0.123. The molecule has 0 saturated heterocycles. The average Bonchev–Trinajstić information content (AvgIpc) is 2.08. The van der Waals surface area contributed by atoms with Crippen molar-refractivity contribution in [3.05, 3.63) is 38.9 Å². The maximum absolute atomic E-state index is 10.4. The summed E-state index contributed by atoms with van der Waals surface area (Å²) in [7, 11) is 0. The van der Waals surface area contributed by atoms with Crippen molar-refractivity contribution in [3.63, 3.8) is 0 Å². The van der Waals surface area contributed by atoms with Crippen LogP contribution >= 0.6 is 24.0 Å². The van der Waals surface area contributed by atoms with Crippen LogP contribution in [0, 0.1) is 10.1 Å². The van der Waals surface area contributed by atoms with Gasteiger partial charge < -0.3 is 0 Å². The van der Waals surface area contributed by atoms with Gasteiger partial charge in [0.1, 0.15) is 5.02 Å². The van der Waals surface area contributed by atoms with Gasteiger partial charge in [-0.25, -0.2) is 5.90 Å². The number of nitro benzene ring substituents is 1. The molecule has 0 spiro atoms. The van der Waals surface area contributed by atoms with E-state index in [0.717, 1.165) is 0 Å². The van der Waals surface area contributed by atoms with Crippen LogP contribution in [0.25, 0.3) is 0 Å². The Labute approximate surface area is 91.3 Å². The van der Waals surface area contributed by atoms with E-state index < -0.39 is 4.92 Å². The monoisotopic (exact) mass is 238 g/mol. The molecule has 0 aromatic heterocycles. The van der Waals surface area contributed by atoms with E-state index in [-0.39, 0.29) is 29.7 Å². The average molecular weight is 239 g/mol. The molecule has 0 amide bonds. The van der Waals surface area contributed by atoms with Crippen LogP contribution in [0.3, 0.4) is 0 Å². The van der Waals surface area contributed by atoms with E-state index in [2.05, 4.69) is 4.84 Å². The summed E-state index contributed by atoms with van der Waals surface area (Å²) in [6.07, 6.45) is 0. The quantitative estimate of drug-likeness (QED) is 0.646. The Morgan fingerprint density at radius 3 is 2.71 bits per heavy atom. The second kappa shape index (κ2) is 5.77. The number of nitrogens with zero attached hydrogens (tertiary/aromatic N) is 1. The third kappa shape index (κ3) is 3.12. The minimum atomic E-state index is -0.553. The van der Waals surface area contributed by atoms with E-state index in [1.54, 1.807) is 6.07 Å². The van der Waals surface area contributed by atoms with Gasteiger partial charge in [-0.2, -0.15) is 0 Å². The molecule has 1 rings (SSSR count). The van der Waals surface area contributed by atoms with Crippen molar-refractivity contribution in [1.29, 1.82) is 0 Å². The van der Waals surface area contributed by atoms with Crippen molar-refractivity contribution < 1.29 is 9.76 Å². The van der Waals surface area contributed by atoms with Gasteiger partial charge in [-0.05, 0) is 11.6 Å². The Kier molecular flexibility index (Phi) is 5.40. The maximum Gasteiger partial charge on any atom is 0.288 e. The zero-order valence-corrected chi connectivity index (χ0v) is 8.55. The fraction of sp³-hybridized carbons (Fsp3) is 0.143. The van der Waals surface area contributed by atoms with Crippen LogP contribution in [-0.2, 0) is 11.4 Å². The first kappa shape index (κ1) is 13.1. The van der Waals surface area contributed by atoms with Crippen LogP contribution in [0.5, 0.6) is 0 Å². The van der Waals surface area contributed by atoms with E-state index in [1.165, 1.54) is 12.1 Å². The number of rotatable bonds is 3. The Morgan fingerprint density at radius 1 is 1.57 bits per heavy atom. The Hall–Kier alpha value is -0.880. The van der Waals surface area contributed by atoms with Crippen molar-refractivity contribution in [2.75, 3.05) is 0 Å². The summed E-state index contributed by atoms with van der Waals surface area (Å²) in [5.41, 5.74) is 0.467. The van der Waals surface area contributed by atoms with E-state index in [4.69, 9.17) is 17.5 Å². The topological polar surface area (TPSA) is 78.4 Å². The van der Waals surface area contributed by atoms with Gasteiger partial charge in [0.2, 0.25) is 0 Å². The van der Waals surface area contributed by atoms with Gasteiger partial charge in [-0.15, -0.1) is 12.4 Å². The molecule has 7 heteroatoms. The summed E-state index contributed by atoms with van der Waals surface area (Å²) in [4.78, 5) is 14.2. The van der Waals surface area contributed by atoms with E-state index in [0.29, 0.717) is 5.56 Å². The second-order valence-electron chi connectivity index (χ2n) is 2.35. The highest BCUT2D eigenvalue weighted by molar-refractivity contribution is 6.32. The van der Waals surface area contributed by atoms with Gasteiger partial charge >= 0.3 is 0 Å². The molecule has 5 nitrogen and oxygen atoms in total. The molecule has 14 heavy (non-hydrogen) atoms. The molecular weight excluding hydrogens is 231 g/mol. The molecule has 0 aliphatic rings. The minimum absolute atomic E-state index is 0. The van der Waals surface area contributed by atoms with Crippen molar-refractivity contribution >= 4 is 29.7 Å². The number of nitro groups is 1. The van der Waals surface area contributed by atoms with Crippen LogP contribution in [-0.4, -0.2) is 4.92 Å². The van der Waals surface area contributed by atoms with E-state index in [1.807, 2.05) is 0 Å². The second-order valence-corrected chi connectivity index (χ2v) is 2.76. The van der Waals surface area contributed by atoms with Gasteiger partial charge in [-0.1, -0.05) is 17.7 Å². The largest absolute Gasteiger partial charge is 0.300 e. The van der Waals surface area contributed by atoms with E-state index >= 15 is 0 Å². The lowest BCUT2D eigenvalue weighted by molar-refractivity contribution is -0.384. The number of hydrogen-bond acceptors (Lipinski definition) is 4. The Balaban J connectivity index is 0.00000169. The zero-order valence-electron chi connectivity index (χ0n) is 6.97. The lowest BCUT2D eigenvalue weighted by atomic mass is 10.2. The van der Waals surface area contributed by atoms with Gasteiger partial charge in [0, 0.05) is 6.07 Å². The molecule has 0 radical (unpaired) electrons. The Morgan fingerprint density at radius 2 is 2.21 bits per heavy atom. The predicted octanol–water partition coefficient (Wildman–Crippen LogP) is 2.06. The standard InChI is InChI=1S/C7H7ClN2O3.ClH/c8-6-2-1-5(4-13-9)3-7(6)10(11)12;/h1-3H,4,9H2;1H. The molecule has 0 aliphatic heterocycles. The molecule has 0 fully saturated rings. The van der Waals surface area contributed by atoms with Crippen LogP contribution in [0.4, 0.5) is 5.69 Å². The number of halogens is 2. The highest BCUT2D eigenvalue weighted by Crippen LogP contribution is 2.25. The first-order valence-corrected chi connectivity index (χ1v) is 3.77. The van der Waals surface area contributed by atoms with Crippen LogP contribution in [0.2, 0.25) is 5.02 Å². The van der Waals surface area contributed by atoms with Crippen LogP contribution in [0.15, 0.2) is 18.2 Å². The highest BCUT2D eigenvalue weighted by atomic mass is 35.5. The highest BCUT2D eigenvalue weighted by Gasteiger charge is 2.12. The molecule has 1 aromatic rings. The molecule has 2 N–H and O–H groups in total. The predicted molar refractivity (Wildman–Crippen MR) is 54.3 cm³/mol. The third-order valence-electron chi connectivity index (χ3n) is 1.46. The summed E-state index contributed by atoms with van der Waals surface area (Å²) in [5.74, 6) is 4.82. The third-order valence-corrected chi connectivity index (χ3v) is 1.78. The SMILES string of the molecule is Cl.NOCc1ccc(Cl)c([N+](=O)[O-])c1. The van der Waals surface area contributed by atoms with Gasteiger partial charge in [0.05, 0.1) is 11.5 Å². The lowest BCUT2D eigenvalue weighted by Crippen LogP contribution is -1.99. The molecule has 1 aromatic carbocycles. The molecule has 0 atom stereocenters. The fourth-order valence-electron chi connectivity index (χ4n) is 0.884. The molecule has 0 saturated carbocycles. The number of nitrogens with two attached hydrogens (primary N) is 1. The Bertz CT molecular complexity index is 333. The van der Waals surface area contributed by atoms with Crippen LogP contribution < -0.4 is 5.90 Å². The van der Waals surface area contributed by atoms with Crippen molar-refractivity contribution in [2.45, 2.75) is 6.61 Å². The first-order chi connectivity index (χ1) is 6.15. The zero-order chi connectivity index (χ0) is 9.84. The molecular formula is C7H8Cl2N2O3. The van der Waals surface area contributed by atoms with Gasteiger partial charge in [0.25, 0.3) is 5.69 Å². The molecule has 0 unspecified atom stereocenters. The fourth-order valence-corrected chi connectivity index (χ4v) is 1.07. The molecule has 0 heterocycles. The summed E-state index contributed by atoms with van der Waals surface area (Å²) >= 11 is 5.58. The number of hydrogen-bond donors (Lipinski definition) is 1. The van der Waals surface area contributed by atoms with Crippen molar-refractivity contribution in [2.24, 2.45) is 5.90 Å². The molecule has 0 aliphatic carbocycles. The summed E-state index contributed by atoms with van der Waals surface area (Å²) < 4.78 is 0. The summed E-state index contributed by atoms with van der Waals surface area (Å²) in [5, 5.41) is 10.5. The first-order valence-electron chi connectivity index (χ1n) is 3.39. The number of benzene rings is 1. The molecule has 78 valence electrons. The molecule has 0 bridgehead atoms. The van der Waals surface area contributed by atoms with Crippen molar-refractivity contribution in [3.8, 4) is 0 Å². The van der Waals surface area contributed by atoms with Crippen molar-refractivity contribution in [1.82, 2.24) is 0 Å². The van der Waals surface area contributed by atoms with Gasteiger partial charge in [0.15, 0.2) is 0 Å². The lowest BCUT2D eigenvalue weighted by Gasteiger charge is -1.99. The van der Waals surface area contributed by atoms with Gasteiger partial charge in [-0.3, -0.25) is 15.0 Å². The minimum Gasteiger partial charge on any atom is -0.300 e. The van der Waals surface area contributed by atoms with E-state index in [9.17, 15) is 10.1 Å². The summed E-state index contributed by atoms with van der Waals surface area (Å²) in [6, 6.07) is 4.38.